The molecule has 0 aliphatic carbocycles. The number of hydrogen-bond acceptors (Lipinski definition) is 3. The van der Waals surface area contributed by atoms with Crippen molar-refractivity contribution >= 4 is 23.4 Å². The van der Waals surface area contributed by atoms with Gasteiger partial charge < -0.3 is 5.32 Å². The second-order valence-electron chi connectivity index (χ2n) is 6.38. The van der Waals surface area contributed by atoms with Gasteiger partial charge in [-0.05, 0) is 24.3 Å². The molecule has 0 saturated heterocycles. The van der Waals surface area contributed by atoms with E-state index in [-0.39, 0.29) is 17.7 Å². The van der Waals surface area contributed by atoms with Gasteiger partial charge in [0.05, 0.1) is 0 Å². The van der Waals surface area contributed by atoms with E-state index in [1.807, 2.05) is 0 Å². The van der Waals surface area contributed by atoms with E-state index in [0.717, 1.165) is 0 Å². The predicted octanol–water partition coefficient (Wildman–Crippen LogP) is 2.09. The van der Waals surface area contributed by atoms with Gasteiger partial charge in [0.1, 0.15) is 0 Å². The van der Waals surface area contributed by atoms with Gasteiger partial charge >= 0.3 is 0 Å². The summed E-state index contributed by atoms with van der Waals surface area (Å²) in [6, 6.07) is 6.44. The molecule has 6 nitrogen and oxygen atoms in total. The van der Waals surface area contributed by atoms with Crippen LogP contribution in [0.3, 0.4) is 0 Å². The van der Waals surface area contributed by atoms with Crippen molar-refractivity contribution in [3.63, 3.8) is 0 Å². The fourth-order valence-corrected chi connectivity index (χ4v) is 1.36. The van der Waals surface area contributed by atoms with Gasteiger partial charge in [-0.15, -0.1) is 0 Å². The Bertz CT molecular complexity index is 557. The van der Waals surface area contributed by atoms with Crippen molar-refractivity contribution in [2.75, 3.05) is 5.32 Å². The van der Waals surface area contributed by atoms with Crippen molar-refractivity contribution in [3.05, 3.63) is 29.8 Å². The Labute approximate surface area is 130 Å². The standard InChI is InChI=1S/C16H23N3O3/c1-10(2)13(20)17-12-8-6-11(7-9-12)14(21)18-19-15(22)16(3,4)5/h6-10H,1-5H3,(H,17,20)(H,18,21)(H,19,22). The van der Waals surface area contributed by atoms with Gasteiger partial charge in [-0.3, -0.25) is 25.2 Å². The summed E-state index contributed by atoms with van der Waals surface area (Å²) in [4.78, 5) is 35.1. The van der Waals surface area contributed by atoms with Crippen molar-refractivity contribution < 1.29 is 14.4 Å². The number of carbonyl (C=O) groups excluding carboxylic acids is 3. The van der Waals surface area contributed by atoms with Crippen molar-refractivity contribution in [1.29, 1.82) is 0 Å². The second-order valence-corrected chi connectivity index (χ2v) is 6.38. The van der Waals surface area contributed by atoms with Crippen LogP contribution in [0.25, 0.3) is 0 Å². The number of carbonyl (C=O) groups is 3. The molecule has 0 atom stereocenters. The number of amides is 3. The summed E-state index contributed by atoms with van der Waals surface area (Å²) in [5, 5.41) is 2.74. The highest BCUT2D eigenvalue weighted by atomic mass is 16.2. The Hall–Kier alpha value is -2.37. The highest BCUT2D eigenvalue weighted by Gasteiger charge is 2.21. The fraction of sp³-hybridized carbons (Fsp3) is 0.438. The van der Waals surface area contributed by atoms with Gasteiger partial charge in [0.25, 0.3) is 5.91 Å². The van der Waals surface area contributed by atoms with Crippen LogP contribution in [0.1, 0.15) is 45.0 Å². The number of nitrogens with one attached hydrogen (secondary N) is 3. The van der Waals surface area contributed by atoms with E-state index in [1.165, 1.54) is 0 Å². The van der Waals surface area contributed by atoms with Crippen molar-refractivity contribution in [2.45, 2.75) is 34.6 Å². The smallest absolute Gasteiger partial charge is 0.269 e. The van der Waals surface area contributed by atoms with Gasteiger partial charge in [0.2, 0.25) is 11.8 Å². The Kier molecular flexibility index (Phi) is 5.68. The molecule has 0 unspecified atom stereocenters. The van der Waals surface area contributed by atoms with E-state index in [9.17, 15) is 14.4 Å². The molecule has 6 heteroatoms. The first-order chi connectivity index (χ1) is 10.1. The summed E-state index contributed by atoms with van der Waals surface area (Å²) in [6.45, 7) is 8.85. The molecule has 0 bridgehead atoms. The molecule has 1 rings (SSSR count). The first-order valence-electron chi connectivity index (χ1n) is 7.13. The van der Waals surface area contributed by atoms with E-state index >= 15 is 0 Å². The molecule has 0 radical (unpaired) electrons. The van der Waals surface area contributed by atoms with Crippen LogP contribution in [0.5, 0.6) is 0 Å². The molecule has 22 heavy (non-hydrogen) atoms. The number of anilines is 1. The average Bonchev–Trinajstić information content (AvgIpc) is 2.43. The van der Waals surface area contributed by atoms with Gasteiger partial charge in [-0.25, -0.2) is 0 Å². The molecule has 0 fully saturated rings. The van der Waals surface area contributed by atoms with E-state index < -0.39 is 11.3 Å². The largest absolute Gasteiger partial charge is 0.326 e. The fourth-order valence-electron chi connectivity index (χ4n) is 1.36. The Morgan fingerprint density at radius 3 is 1.95 bits per heavy atom. The molecule has 120 valence electrons. The van der Waals surface area contributed by atoms with E-state index in [2.05, 4.69) is 16.2 Å². The number of rotatable bonds is 3. The van der Waals surface area contributed by atoms with Gasteiger partial charge in [-0.1, -0.05) is 34.6 Å². The Balaban J connectivity index is 2.61. The molecular weight excluding hydrogens is 282 g/mol. The number of hydrogen-bond donors (Lipinski definition) is 3. The van der Waals surface area contributed by atoms with Crippen LogP contribution in [0, 0.1) is 11.3 Å². The molecule has 0 spiro atoms. The lowest BCUT2D eigenvalue weighted by atomic mass is 9.96. The van der Waals surface area contributed by atoms with Crippen LogP contribution in [0.15, 0.2) is 24.3 Å². The lowest BCUT2D eigenvalue weighted by Crippen LogP contribution is -2.46. The van der Waals surface area contributed by atoms with Crippen molar-refractivity contribution in [1.82, 2.24) is 10.9 Å². The predicted molar refractivity (Wildman–Crippen MR) is 85.0 cm³/mol. The van der Waals surface area contributed by atoms with Crippen LogP contribution < -0.4 is 16.2 Å². The van der Waals surface area contributed by atoms with Crippen molar-refractivity contribution in [3.8, 4) is 0 Å². The summed E-state index contributed by atoms with van der Waals surface area (Å²) in [6.07, 6.45) is 0. The molecule has 0 aliphatic rings. The molecular formula is C16H23N3O3. The highest BCUT2D eigenvalue weighted by Crippen LogP contribution is 2.12. The van der Waals surface area contributed by atoms with Crippen LogP contribution >= 0.6 is 0 Å². The zero-order valence-electron chi connectivity index (χ0n) is 13.6. The van der Waals surface area contributed by atoms with Gasteiger partial charge in [-0.2, -0.15) is 0 Å². The zero-order chi connectivity index (χ0) is 16.9. The monoisotopic (exact) mass is 305 g/mol. The first kappa shape index (κ1) is 17.7. The van der Waals surface area contributed by atoms with E-state index in [0.29, 0.717) is 11.3 Å². The average molecular weight is 305 g/mol. The maximum Gasteiger partial charge on any atom is 0.269 e. The van der Waals surface area contributed by atoms with Crippen LogP contribution in [-0.2, 0) is 9.59 Å². The normalized spacial score (nSPS) is 11.0. The minimum atomic E-state index is -0.585. The van der Waals surface area contributed by atoms with Crippen LogP contribution in [0.2, 0.25) is 0 Å². The number of hydrazine groups is 1. The van der Waals surface area contributed by atoms with Gasteiger partial charge in [0.15, 0.2) is 0 Å². The molecule has 0 aliphatic heterocycles. The van der Waals surface area contributed by atoms with E-state index in [4.69, 9.17) is 0 Å². The maximum absolute atomic E-state index is 11.9. The third kappa shape index (κ3) is 5.20. The first-order valence-corrected chi connectivity index (χ1v) is 7.13. The van der Waals surface area contributed by atoms with Crippen LogP contribution in [-0.4, -0.2) is 17.7 Å². The third-order valence-corrected chi connectivity index (χ3v) is 2.91. The SMILES string of the molecule is CC(C)C(=O)Nc1ccc(C(=O)NNC(=O)C(C)(C)C)cc1. The minimum Gasteiger partial charge on any atom is -0.326 e. The Morgan fingerprint density at radius 2 is 1.50 bits per heavy atom. The third-order valence-electron chi connectivity index (χ3n) is 2.91. The molecule has 0 saturated carbocycles. The van der Waals surface area contributed by atoms with Gasteiger partial charge in [0, 0.05) is 22.6 Å². The molecule has 0 aromatic heterocycles. The number of benzene rings is 1. The topological polar surface area (TPSA) is 87.3 Å². The highest BCUT2D eigenvalue weighted by molar-refractivity contribution is 5.97. The molecule has 1 aromatic rings. The molecule has 3 N–H and O–H groups in total. The van der Waals surface area contributed by atoms with Crippen LogP contribution in [0.4, 0.5) is 5.69 Å². The lowest BCUT2D eigenvalue weighted by Gasteiger charge is -2.17. The Morgan fingerprint density at radius 1 is 0.955 bits per heavy atom. The summed E-state index contributed by atoms with van der Waals surface area (Å²) in [7, 11) is 0. The molecule has 1 aromatic carbocycles. The summed E-state index contributed by atoms with van der Waals surface area (Å²) in [5.41, 5.74) is 5.15. The zero-order valence-corrected chi connectivity index (χ0v) is 13.6. The summed E-state index contributed by atoms with van der Waals surface area (Å²) < 4.78 is 0. The minimum absolute atomic E-state index is 0.0883. The lowest BCUT2D eigenvalue weighted by molar-refractivity contribution is -0.129. The maximum atomic E-state index is 11.9. The second kappa shape index (κ2) is 7.06. The summed E-state index contributed by atoms with van der Waals surface area (Å²) in [5.74, 6) is -0.897. The molecule has 0 heterocycles. The summed E-state index contributed by atoms with van der Waals surface area (Å²) >= 11 is 0. The molecule has 3 amide bonds. The van der Waals surface area contributed by atoms with E-state index in [1.54, 1.807) is 58.9 Å². The van der Waals surface area contributed by atoms with Crippen molar-refractivity contribution in [2.24, 2.45) is 11.3 Å². The quantitative estimate of drug-likeness (QED) is 0.747.